The van der Waals surface area contributed by atoms with Crippen LogP contribution >= 0.6 is 11.8 Å². The summed E-state index contributed by atoms with van der Waals surface area (Å²) in [6, 6.07) is 6.03. The zero-order valence-corrected chi connectivity index (χ0v) is 13.8. The Hall–Kier alpha value is -1.07. The van der Waals surface area contributed by atoms with Gasteiger partial charge in [0.2, 0.25) is 5.91 Å². The van der Waals surface area contributed by atoms with Crippen molar-refractivity contribution in [3.8, 4) is 0 Å². The van der Waals surface area contributed by atoms with E-state index < -0.39 is 6.10 Å². The number of carbonyl (C=O) groups excluding carboxylic acids is 1. The van der Waals surface area contributed by atoms with Crippen LogP contribution < -0.4 is 0 Å². The number of hydrogen-bond acceptors (Lipinski definition) is 3. The molecule has 1 aliphatic heterocycles. The SMILES string of the molecule is CCSCCC(=O)N1CCC(C(O)c2ccc(F)cc2)CC1. The molecule has 0 saturated carbocycles. The Morgan fingerprint density at radius 1 is 1.36 bits per heavy atom. The second-order valence-electron chi connectivity index (χ2n) is 5.66. The third-order valence-corrected chi connectivity index (χ3v) is 5.12. The zero-order valence-electron chi connectivity index (χ0n) is 13.0. The first-order chi connectivity index (χ1) is 10.6. The van der Waals surface area contributed by atoms with Gasteiger partial charge in [0, 0.05) is 25.3 Å². The molecule has 1 amide bonds. The van der Waals surface area contributed by atoms with Crippen LogP contribution in [0.25, 0.3) is 0 Å². The van der Waals surface area contributed by atoms with E-state index in [1.165, 1.54) is 12.1 Å². The smallest absolute Gasteiger partial charge is 0.223 e. The number of benzene rings is 1. The van der Waals surface area contributed by atoms with Crippen molar-refractivity contribution in [3.63, 3.8) is 0 Å². The molecule has 122 valence electrons. The second kappa shape index (κ2) is 8.53. The highest BCUT2D eigenvalue weighted by Gasteiger charge is 2.28. The Balaban J connectivity index is 1.81. The molecule has 1 N–H and O–H groups in total. The van der Waals surface area contributed by atoms with Crippen LogP contribution in [0.4, 0.5) is 4.39 Å². The first-order valence-corrected chi connectivity index (χ1v) is 9.06. The van der Waals surface area contributed by atoms with Crippen molar-refractivity contribution >= 4 is 17.7 Å². The lowest BCUT2D eigenvalue weighted by Crippen LogP contribution is -2.39. The molecule has 1 unspecified atom stereocenters. The number of likely N-dealkylation sites (tertiary alicyclic amines) is 1. The van der Waals surface area contributed by atoms with Gasteiger partial charge in [-0.2, -0.15) is 11.8 Å². The molecule has 0 aromatic heterocycles. The molecular weight excluding hydrogens is 301 g/mol. The van der Waals surface area contributed by atoms with Gasteiger partial charge < -0.3 is 10.0 Å². The van der Waals surface area contributed by atoms with Gasteiger partial charge in [-0.05, 0) is 42.2 Å². The van der Waals surface area contributed by atoms with Crippen molar-refractivity contribution in [3.05, 3.63) is 35.6 Å². The summed E-state index contributed by atoms with van der Waals surface area (Å²) in [6.07, 6.45) is 1.62. The highest BCUT2D eigenvalue weighted by molar-refractivity contribution is 7.99. The minimum atomic E-state index is -0.575. The second-order valence-corrected chi connectivity index (χ2v) is 7.06. The summed E-state index contributed by atoms with van der Waals surface area (Å²) in [6.45, 7) is 3.51. The summed E-state index contributed by atoms with van der Waals surface area (Å²) in [5.41, 5.74) is 0.755. The van der Waals surface area contributed by atoms with Crippen molar-refractivity contribution in [2.45, 2.75) is 32.3 Å². The van der Waals surface area contributed by atoms with E-state index >= 15 is 0 Å². The summed E-state index contributed by atoms with van der Waals surface area (Å²) in [7, 11) is 0. The summed E-state index contributed by atoms with van der Waals surface area (Å²) in [5, 5.41) is 10.4. The average molecular weight is 325 g/mol. The fourth-order valence-corrected chi connectivity index (χ4v) is 3.47. The third kappa shape index (κ3) is 4.71. The first kappa shape index (κ1) is 17.3. The summed E-state index contributed by atoms with van der Waals surface area (Å²) >= 11 is 1.79. The predicted molar refractivity (Wildman–Crippen MR) is 88.3 cm³/mol. The van der Waals surface area contributed by atoms with E-state index in [2.05, 4.69) is 6.92 Å². The van der Waals surface area contributed by atoms with E-state index in [1.54, 1.807) is 23.9 Å². The maximum atomic E-state index is 12.9. The van der Waals surface area contributed by atoms with Crippen LogP contribution in [0, 0.1) is 11.7 Å². The molecule has 1 aromatic carbocycles. The maximum absolute atomic E-state index is 12.9. The number of aliphatic hydroxyl groups is 1. The van der Waals surface area contributed by atoms with Crippen molar-refractivity contribution in [1.82, 2.24) is 4.90 Å². The van der Waals surface area contributed by atoms with Crippen LogP contribution in [0.2, 0.25) is 0 Å². The standard InChI is InChI=1S/C17H24FNO2S/c1-2-22-12-9-16(20)19-10-7-14(8-11-19)17(21)13-3-5-15(18)6-4-13/h3-6,14,17,21H,2,7-12H2,1H3. The van der Waals surface area contributed by atoms with Gasteiger partial charge in [0.25, 0.3) is 0 Å². The lowest BCUT2D eigenvalue weighted by atomic mass is 9.87. The zero-order chi connectivity index (χ0) is 15.9. The van der Waals surface area contributed by atoms with Crippen molar-refractivity contribution in [2.75, 3.05) is 24.6 Å². The normalized spacial score (nSPS) is 17.5. The number of carbonyl (C=O) groups is 1. The van der Waals surface area contributed by atoms with Gasteiger partial charge in [0.05, 0.1) is 6.10 Å². The molecule has 1 aliphatic rings. The van der Waals surface area contributed by atoms with E-state index in [4.69, 9.17) is 0 Å². The number of thioether (sulfide) groups is 1. The van der Waals surface area contributed by atoms with Gasteiger partial charge >= 0.3 is 0 Å². The highest BCUT2D eigenvalue weighted by atomic mass is 32.2. The predicted octanol–water partition coefficient (Wildman–Crippen LogP) is 3.24. The molecule has 1 saturated heterocycles. The Labute approximate surface area is 135 Å². The van der Waals surface area contributed by atoms with Gasteiger partial charge in [-0.1, -0.05) is 19.1 Å². The van der Waals surface area contributed by atoms with Gasteiger partial charge in [0.15, 0.2) is 0 Å². The Morgan fingerprint density at radius 2 is 2.00 bits per heavy atom. The van der Waals surface area contributed by atoms with Crippen molar-refractivity contribution in [2.24, 2.45) is 5.92 Å². The molecule has 0 spiro atoms. The molecule has 0 radical (unpaired) electrons. The maximum Gasteiger partial charge on any atom is 0.223 e. The Kier molecular flexibility index (Phi) is 6.70. The molecule has 1 fully saturated rings. The fourth-order valence-electron chi connectivity index (χ4n) is 2.86. The first-order valence-electron chi connectivity index (χ1n) is 7.91. The molecule has 3 nitrogen and oxygen atoms in total. The minimum absolute atomic E-state index is 0.138. The van der Waals surface area contributed by atoms with E-state index in [1.807, 2.05) is 4.90 Å². The van der Waals surface area contributed by atoms with E-state index in [9.17, 15) is 14.3 Å². The number of halogens is 1. The van der Waals surface area contributed by atoms with E-state index in [0.29, 0.717) is 19.5 Å². The van der Waals surface area contributed by atoms with Gasteiger partial charge in [0.1, 0.15) is 5.82 Å². The van der Waals surface area contributed by atoms with Gasteiger partial charge in [-0.15, -0.1) is 0 Å². The molecule has 1 aromatic rings. The van der Waals surface area contributed by atoms with Crippen LogP contribution in [0.1, 0.15) is 37.9 Å². The largest absolute Gasteiger partial charge is 0.388 e. The summed E-state index contributed by atoms with van der Waals surface area (Å²) < 4.78 is 12.9. The quantitative estimate of drug-likeness (QED) is 0.816. The molecule has 1 heterocycles. The third-order valence-electron chi connectivity index (χ3n) is 4.21. The molecule has 2 rings (SSSR count). The minimum Gasteiger partial charge on any atom is -0.388 e. The number of aliphatic hydroxyl groups excluding tert-OH is 1. The number of amides is 1. The lowest BCUT2D eigenvalue weighted by Gasteiger charge is -2.34. The molecule has 22 heavy (non-hydrogen) atoms. The molecule has 1 atom stereocenters. The molecule has 5 heteroatoms. The molecule has 0 aliphatic carbocycles. The Bertz CT molecular complexity index is 472. The summed E-state index contributed by atoms with van der Waals surface area (Å²) in [5.74, 6) is 1.99. The monoisotopic (exact) mass is 325 g/mol. The van der Waals surface area contributed by atoms with E-state index in [-0.39, 0.29) is 17.6 Å². The van der Waals surface area contributed by atoms with Crippen LogP contribution in [-0.2, 0) is 4.79 Å². The fraction of sp³-hybridized carbons (Fsp3) is 0.588. The number of nitrogens with zero attached hydrogens (tertiary/aromatic N) is 1. The number of piperidine rings is 1. The van der Waals surface area contributed by atoms with Crippen LogP contribution in [0.5, 0.6) is 0 Å². The lowest BCUT2D eigenvalue weighted by molar-refractivity contribution is -0.132. The van der Waals surface area contributed by atoms with Gasteiger partial charge in [-0.25, -0.2) is 4.39 Å². The van der Waals surface area contributed by atoms with Crippen LogP contribution in [0.15, 0.2) is 24.3 Å². The molecule has 0 bridgehead atoms. The van der Waals surface area contributed by atoms with E-state index in [0.717, 1.165) is 29.9 Å². The summed E-state index contributed by atoms with van der Waals surface area (Å²) in [4.78, 5) is 14.0. The number of hydrogen-bond donors (Lipinski definition) is 1. The highest BCUT2D eigenvalue weighted by Crippen LogP contribution is 2.31. The van der Waals surface area contributed by atoms with Crippen molar-refractivity contribution < 1.29 is 14.3 Å². The van der Waals surface area contributed by atoms with Gasteiger partial charge in [-0.3, -0.25) is 4.79 Å². The van der Waals surface area contributed by atoms with Crippen LogP contribution in [-0.4, -0.2) is 40.5 Å². The Morgan fingerprint density at radius 3 is 2.59 bits per heavy atom. The topological polar surface area (TPSA) is 40.5 Å². The van der Waals surface area contributed by atoms with Crippen molar-refractivity contribution in [1.29, 1.82) is 0 Å². The average Bonchev–Trinajstić information content (AvgIpc) is 2.55. The molecular formula is C17H24FNO2S. The number of rotatable bonds is 6. The van der Waals surface area contributed by atoms with Crippen LogP contribution in [0.3, 0.4) is 0 Å².